The average Bonchev–Trinajstić information content (AvgIpc) is 3.49. The zero-order valence-corrected chi connectivity index (χ0v) is 27.0. The van der Waals surface area contributed by atoms with Gasteiger partial charge in [0.2, 0.25) is 5.91 Å². The number of carbonyl (C=O) groups excluding carboxylic acids is 2. The number of anilines is 2. The van der Waals surface area contributed by atoms with Crippen molar-refractivity contribution in [3.8, 4) is 5.75 Å². The van der Waals surface area contributed by atoms with Crippen molar-refractivity contribution < 1.29 is 19.1 Å². The molecule has 0 saturated carbocycles. The predicted octanol–water partition coefficient (Wildman–Crippen LogP) is 6.72. The molecule has 5 rings (SSSR count). The third kappa shape index (κ3) is 7.44. The van der Waals surface area contributed by atoms with Crippen LogP contribution in [0, 0.1) is 0 Å². The molecule has 3 heterocycles. The molecular formula is C34H46N4O4S. The fraction of sp³-hybridized carbons (Fsp3) is 0.529. The summed E-state index contributed by atoms with van der Waals surface area (Å²) in [5, 5.41) is 3.55. The van der Waals surface area contributed by atoms with Gasteiger partial charge in [0.1, 0.15) is 5.75 Å². The van der Waals surface area contributed by atoms with Crippen molar-refractivity contribution in [1.82, 2.24) is 9.80 Å². The molecule has 1 fully saturated rings. The van der Waals surface area contributed by atoms with Gasteiger partial charge in [-0.3, -0.25) is 14.6 Å². The lowest BCUT2D eigenvalue weighted by molar-refractivity contribution is -0.121. The van der Waals surface area contributed by atoms with Crippen LogP contribution >= 0.6 is 11.3 Å². The Kier molecular flexibility index (Phi) is 10.1. The summed E-state index contributed by atoms with van der Waals surface area (Å²) in [4.78, 5) is 33.8. The first-order valence-corrected chi connectivity index (χ1v) is 16.5. The van der Waals surface area contributed by atoms with Crippen molar-refractivity contribution in [3.05, 3.63) is 53.4 Å². The number of carbonyl (C=O) groups is 2. The van der Waals surface area contributed by atoms with Crippen LogP contribution in [0.1, 0.15) is 58.4 Å². The van der Waals surface area contributed by atoms with Crippen LogP contribution in [0.4, 0.5) is 16.2 Å². The van der Waals surface area contributed by atoms with E-state index in [1.54, 1.807) is 16.8 Å². The van der Waals surface area contributed by atoms with Gasteiger partial charge < -0.3 is 19.3 Å². The maximum absolute atomic E-state index is 13.1. The highest BCUT2D eigenvalue weighted by Crippen LogP contribution is 2.42. The largest absolute Gasteiger partial charge is 0.494 e. The summed E-state index contributed by atoms with van der Waals surface area (Å²) in [6.45, 7) is 12.7. The number of benzene rings is 2. The lowest BCUT2D eigenvalue weighted by atomic mass is 9.77. The summed E-state index contributed by atoms with van der Waals surface area (Å²) in [6, 6.07) is 14.8. The number of hydrogen-bond donors (Lipinski definition) is 0. The topological polar surface area (TPSA) is 65.6 Å². The van der Waals surface area contributed by atoms with Gasteiger partial charge >= 0.3 is 6.09 Å². The highest BCUT2D eigenvalue weighted by Gasteiger charge is 2.37. The summed E-state index contributed by atoms with van der Waals surface area (Å²) in [5.41, 5.74) is 2.88. The number of piperazine rings is 1. The van der Waals surface area contributed by atoms with Gasteiger partial charge in [-0.2, -0.15) is 0 Å². The summed E-state index contributed by atoms with van der Waals surface area (Å²) >= 11 is 1.81. The molecule has 0 aliphatic carbocycles. The molecule has 232 valence electrons. The van der Waals surface area contributed by atoms with E-state index in [0.29, 0.717) is 19.6 Å². The number of nitrogens with zero attached hydrogens (tertiary/aromatic N) is 4. The van der Waals surface area contributed by atoms with Crippen LogP contribution in [0.3, 0.4) is 0 Å². The highest BCUT2D eigenvalue weighted by atomic mass is 32.1. The standard InChI is InChI=1S/C34H46N4O4S/c1-5-6-15-35(4)33(40)42-25-38-30-23-26(12-13-28(30)34(2,3)24-32(38)39)41-21-8-7-16-36-17-19-37(20-18-36)29-10-9-11-31-27(29)14-22-43-31/h9-14,22-23H,5-8,15-21,24-25H2,1-4H3. The van der Waals surface area contributed by atoms with Crippen LogP contribution in [0.2, 0.25) is 0 Å². The van der Waals surface area contributed by atoms with Crippen LogP contribution in [-0.4, -0.2) is 81.5 Å². The maximum atomic E-state index is 13.1. The lowest BCUT2D eigenvalue weighted by Gasteiger charge is -2.38. The number of unbranched alkanes of at least 4 members (excludes halogenated alkanes) is 2. The molecule has 0 radical (unpaired) electrons. The maximum Gasteiger partial charge on any atom is 0.411 e. The fourth-order valence-corrected chi connectivity index (χ4v) is 6.86. The van der Waals surface area contributed by atoms with Gasteiger partial charge in [0.05, 0.1) is 12.3 Å². The van der Waals surface area contributed by atoms with E-state index in [1.807, 2.05) is 23.5 Å². The average molecular weight is 607 g/mol. The Labute approximate surface area is 260 Å². The Morgan fingerprint density at radius 3 is 2.63 bits per heavy atom. The van der Waals surface area contributed by atoms with E-state index in [0.717, 1.165) is 75.4 Å². The highest BCUT2D eigenvalue weighted by molar-refractivity contribution is 7.17. The molecule has 43 heavy (non-hydrogen) atoms. The molecule has 3 aromatic rings. The molecule has 9 heteroatoms. The minimum absolute atomic E-state index is 0.0502. The normalized spacial score (nSPS) is 16.8. The third-order valence-electron chi connectivity index (χ3n) is 8.68. The number of ether oxygens (including phenoxy) is 2. The quantitative estimate of drug-likeness (QED) is 0.213. The Balaban J connectivity index is 1.09. The second kappa shape index (κ2) is 14.0. The minimum Gasteiger partial charge on any atom is -0.494 e. The SMILES string of the molecule is CCCCN(C)C(=O)OCN1C(=O)CC(C)(C)c2ccc(OCCCCN3CCN(c4cccc5sccc45)CC3)cc21. The van der Waals surface area contributed by atoms with E-state index in [2.05, 4.69) is 66.3 Å². The van der Waals surface area contributed by atoms with Crippen LogP contribution in [-0.2, 0) is 14.9 Å². The van der Waals surface area contributed by atoms with Gasteiger partial charge in [-0.15, -0.1) is 11.3 Å². The molecule has 1 saturated heterocycles. The number of thiophene rings is 1. The van der Waals surface area contributed by atoms with Crippen LogP contribution in [0.25, 0.3) is 10.1 Å². The van der Waals surface area contributed by atoms with E-state index in [9.17, 15) is 9.59 Å². The molecule has 2 aromatic carbocycles. The summed E-state index contributed by atoms with van der Waals surface area (Å²) in [6.07, 6.45) is 3.89. The molecule has 8 nitrogen and oxygen atoms in total. The second-order valence-electron chi connectivity index (χ2n) is 12.4. The second-order valence-corrected chi connectivity index (χ2v) is 13.3. The molecule has 0 spiro atoms. The molecule has 2 aliphatic heterocycles. The number of hydrogen-bond acceptors (Lipinski definition) is 7. The van der Waals surface area contributed by atoms with Crippen LogP contribution < -0.4 is 14.5 Å². The molecule has 0 N–H and O–H groups in total. The molecular weight excluding hydrogens is 560 g/mol. The number of amides is 2. The van der Waals surface area contributed by atoms with E-state index < -0.39 is 6.09 Å². The van der Waals surface area contributed by atoms with E-state index in [4.69, 9.17) is 9.47 Å². The van der Waals surface area contributed by atoms with Crippen LogP contribution in [0.5, 0.6) is 5.75 Å². The molecule has 1 aromatic heterocycles. The van der Waals surface area contributed by atoms with Gasteiger partial charge in [-0.05, 0) is 61.0 Å². The smallest absolute Gasteiger partial charge is 0.411 e. The van der Waals surface area contributed by atoms with Crippen LogP contribution in [0.15, 0.2) is 47.8 Å². The van der Waals surface area contributed by atoms with E-state index >= 15 is 0 Å². The Bertz CT molecular complexity index is 1400. The van der Waals surface area contributed by atoms with Gasteiger partial charge in [0.15, 0.2) is 6.73 Å². The van der Waals surface area contributed by atoms with Crippen molar-refractivity contribution >= 4 is 44.8 Å². The predicted molar refractivity (Wildman–Crippen MR) is 176 cm³/mol. The molecule has 0 atom stereocenters. The van der Waals surface area contributed by atoms with E-state index in [-0.39, 0.29) is 18.1 Å². The number of fused-ring (bicyclic) bond motifs is 2. The van der Waals surface area contributed by atoms with Gasteiger partial charge in [0.25, 0.3) is 0 Å². The van der Waals surface area contributed by atoms with Crippen molar-refractivity contribution in [1.29, 1.82) is 0 Å². The number of rotatable bonds is 12. The van der Waals surface area contributed by atoms with Crippen molar-refractivity contribution in [2.75, 3.05) is 69.5 Å². The van der Waals surface area contributed by atoms with E-state index in [1.165, 1.54) is 15.8 Å². The zero-order valence-electron chi connectivity index (χ0n) is 26.1. The van der Waals surface area contributed by atoms with Crippen molar-refractivity contribution in [2.45, 2.75) is 58.3 Å². The first-order valence-electron chi connectivity index (χ1n) is 15.7. The summed E-state index contributed by atoms with van der Waals surface area (Å²) in [5.74, 6) is 0.683. The molecule has 2 aliphatic rings. The Morgan fingerprint density at radius 1 is 1.02 bits per heavy atom. The summed E-state index contributed by atoms with van der Waals surface area (Å²) < 4.78 is 13.0. The zero-order chi connectivity index (χ0) is 30.4. The minimum atomic E-state index is -0.415. The van der Waals surface area contributed by atoms with Gasteiger partial charge in [-0.25, -0.2) is 4.79 Å². The molecule has 2 amide bonds. The lowest BCUT2D eigenvalue weighted by Crippen LogP contribution is -2.46. The fourth-order valence-electron chi connectivity index (χ4n) is 6.05. The Morgan fingerprint density at radius 2 is 1.84 bits per heavy atom. The third-order valence-corrected chi connectivity index (χ3v) is 9.56. The first kappa shape index (κ1) is 31.1. The first-order chi connectivity index (χ1) is 20.8. The van der Waals surface area contributed by atoms with Gasteiger partial charge in [0, 0.05) is 73.4 Å². The molecule has 0 bridgehead atoms. The summed E-state index contributed by atoms with van der Waals surface area (Å²) in [7, 11) is 1.73. The van der Waals surface area contributed by atoms with Crippen molar-refractivity contribution in [3.63, 3.8) is 0 Å². The Hall–Kier alpha value is -3.30. The molecule has 0 unspecified atom stereocenters. The van der Waals surface area contributed by atoms with Crippen molar-refractivity contribution in [2.24, 2.45) is 0 Å². The van der Waals surface area contributed by atoms with Gasteiger partial charge in [-0.1, -0.05) is 39.3 Å². The monoisotopic (exact) mass is 606 g/mol.